The van der Waals surface area contributed by atoms with Gasteiger partial charge in [-0.05, 0) is 55.5 Å². The van der Waals surface area contributed by atoms with Crippen molar-refractivity contribution in [2.75, 3.05) is 10.6 Å². The highest BCUT2D eigenvalue weighted by molar-refractivity contribution is 6.07. The molecule has 0 spiro atoms. The lowest BCUT2D eigenvalue weighted by molar-refractivity contribution is 0.102. The van der Waals surface area contributed by atoms with Crippen molar-refractivity contribution in [3.63, 3.8) is 0 Å². The molecule has 1 aromatic heterocycles. The van der Waals surface area contributed by atoms with Crippen LogP contribution in [0.3, 0.4) is 0 Å². The van der Waals surface area contributed by atoms with Crippen molar-refractivity contribution in [1.29, 1.82) is 0 Å². The summed E-state index contributed by atoms with van der Waals surface area (Å²) in [5, 5.41) is 5.38. The number of anilines is 2. The lowest BCUT2D eigenvalue weighted by Gasteiger charge is -2.08. The minimum Gasteiger partial charge on any atom is -0.322 e. The maximum absolute atomic E-state index is 12.9. The highest BCUT2D eigenvalue weighted by Crippen LogP contribution is 2.13. The zero-order valence-electron chi connectivity index (χ0n) is 14.0. The number of hydrogen-bond donors (Lipinski definition) is 2. The lowest BCUT2D eigenvalue weighted by Crippen LogP contribution is -2.17. The number of carbonyl (C=O) groups excluding carboxylic acids is 2. The molecule has 0 fully saturated rings. The van der Waals surface area contributed by atoms with Crippen LogP contribution in [0, 0.1) is 12.7 Å². The molecule has 0 aliphatic rings. The topological polar surface area (TPSA) is 71.1 Å². The second-order valence-corrected chi connectivity index (χ2v) is 5.71. The number of nitrogens with zero attached hydrogens (tertiary/aromatic N) is 1. The first kappa shape index (κ1) is 17.3. The number of amides is 2. The molecule has 130 valence electrons. The third-order valence-corrected chi connectivity index (χ3v) is 3.67. The average Bonchev–Trinajstić information content (AvgIpc) is 2.65. The van der Waals surface area contributed by atoms with Crippen molar-refractivity contribution in [3.8, 4) is 0 Å². The maximum Gasteiger partial charge on any atom is 0.274 e. The Morgan fingerprint density at radius 1 is 0.846 bits per heavy atom. The Labute approximate surface area is 149 Å². The quantitative estimate of drug-likeness (QED) is 0.747. The van der Waals surface area contributed by atoms with Crippen LogP contribution in [0.4, 0.5) is 15.8 Å². The van der Waals surface area contributed by atoms with Gasteiger partial charge in [-0.1, -0.05) is 17.7 Å². The van der Waals surface area contributed by atoms with Crippen LogP contribution in [0.5, 0.6) is 0 Å². The minimum atomic E-state index is -0.485. The number of hydrogen-bond acceptors (Lipinski definition) is 3. The van der Waals surface area contributed by atoms with Gasteiger partial charge in [0.05, 0.1) is 0 Å². The Bertz CT molecular complexity index is 863. The molecule has 2 amide bonds. The van der Waals surface area contributed by atoms with Gasteiger partial charge >= 0.3 is 0 Å². The van der Waals surface area contributed by atoms with Gasteiger partial charge in [0.15, 0.2) is 0 Å². The molecule has 0 bridgehead atoms. The molecule has 0 aliphatic heterocycles. The number of halogens is 1. The highest BCUT2D eigenvalue weighted by Gasteiger charge is 2.12. The molecule has 0 unspecified atom stereocenters. The van der Waals surface area contributed by atoms with Crippen molar-refractivity contribution >= 4 is 23.2 Å². The van der Waals surface area contributed by atoms with Gasteiger partial charge in [0, 0.05) is 23.1 Å². The molecular weight excluding hydrogens is 333 g/mol. The summed E-state index contributed by atoms with van der Waals surface area (Å²) < 4.78 is 12.9. The average molecular weight is 349 g/mol. The first-order chi connectivity index (χ1) is 12.5. The Morgan fingerprint density at radius 3 is 2.08 bits per heavy atom. The number of nitrogens with one attached hydrogen (secondary N) is 2. The molecule has 0 saturated heterocycles. The monoisotopic (exact) mass is 349 g/mol. The van der Waals surface area contributed by atoms with Crippen molar-refractivity contribution in [3.05, 3.63) is 89.5 Å². The van der Waals surface area contributed by atoms with E-state index in [9.17, 15) is 14.0 Å². The SMILES string of the molecule is Cc1ccc(NC(=O)c2ccnc(C(=O)Nc3ccc(F)cc3)c2)cc1. The summed E-state index contributed by atoms with van der Waals surface area (Å²) in [4.78, 5) is 28.6. The summed E-state index contributed by atoms with van der Waals surface area (Å²) in [6, 6.07) is 15.7. The van der Waals surface area contributed by atoms with Crippen molar-refractivity contribution in [2.45, 2.75) is 6.92 Å². The molecule has 2 aromatic carbocycles. The molecule has 0 aliphatic carbocycles. The standard InChI is InChI=1S/C20H16FN3O2/c1-13-2-6-16(7-3-13)23-19(25)14-10-11-22-18(12-14)20(26)24-17-8-4-15(21)5-9-17/h2-12H,1H3,(H,23,25)(H,24,26). The Morgan fingerprint density at radius 2 is 1.42 bits per heavy atom. The number of pyridine rings is 1. The van der Waals surface area contributed by atoms with Gasteiger partial charge in [0.25, 0.3) is 11.8 Å². The van der Waals surface area contributed by atoms with Crippen LogP contribution >= 0.6 is 0 Å². The molecule has 3 rings (SSSR count). The molecule has 1 heterocycles. The van der Waals surface area contributed by atoms with E-state index in [2.05, 4.69) is 15.6 Å². The zero-order chi connectivity index (χ0) is 18.5. The smallest absolute Gasteiger partial charge is 0.274 e. The van der Waals surface area contributed by atoms with Gasteiger partial charge in [-0.25, -0.2) is 4.39 Å². The van der Waals surface area contributed by atoms with Crippen LogP contribution in [0.1, 0.15) is 26.4 Å². The summed E-state index contributed by atoms with van der Waals surface area (Å²) in [5.41, 5.74) is 2.59. The predicted molar refractivity (Wildman–Crippen MR) is 97.7 cm³/mol. The van der Waals surface area contributed by atoms with E-state index in [1.165, 1.54) is 42.6 Å². The van der Waals surface area contributed by atoms with E-state index >= 15 is 0 Å². The summed E-state index contributed by atoms with van der Waals surface area (Å²) >= 11 is 0. The molecule has 0 atom stereocenters. The minimum absolute atomic E-state index is 0.0888. The van der Waals surface area contributed by atoms with Gasteiger partial charge in [-0.2, -0.15) is 0 Å². The zero-order valence-corrected chi connectivity index (χ0v) is 14.0. The van der Waals surface area contributed by atoms with Gasteiger partial charge in [0.1, 0.15) is 11.5 Å². The Balaban J connectivity index is 1.72. The number of carbonyl (C=O) groups is 2. The fourth-order valence-electron chi connectivity index (χ4n) is 2.26. The number of rotatable bonds is 4. The fourth-order valence-corrected chi connectivity index (χ4v) is 2.26. The van der Waals surface area contributed by atoms with E-state index in [1.54, 1.807) is 12.1 Å². The summed E-state index contributed by atoms with van der Waals surface area (Å²) in [7, 11) is 0. The fraction of sp³-hybridized carbons (Fsp3) is 0.0500. The summed E-state index contributed by atoms with van der Waals surface area (Å²) in [6.07, 6.45) is 1.39. The molecule has 5 nitrogen and oxygen atoms in total. The molecule has 2 N–H and O–H groups in total. The van der Waals surface area contributed by atoms with Crippen LogP contribution in [0.2, 0.25) is 0 Å². The molecule has 6 heteroatoms. The van der Waals surface area contributed by atoms with Gasteiger partial charge in [-0.15, -0.1) is 0 Å². The number of aryl methyl sites for hydroxylation is 1. The predicted octanol–water partition coefficient (Wildman–Crippen LogP) is 4.03. The molecule has 0 radical (unpaired) electrons. The third kappa shape index (κ3) is 4.30. The largest absolute Gasteiger partial charge is 0.322 e. The number of benzene rings is 2. The Hall–Kier alpha value is -3.54. The highest BCUT2D eigenvalue weighted by atomic mass is 19.1. The van der Waals surface area contributed by atoms with Crippen LogP contribution in [0.25, 0.3) is 0 Å². The van der Waals surface area contributed by atoms with Gasteiger partial charge < -0.3 is 10.6 Å². The summed E-state index contributed by atoms with van der Waals surface area (Å²) in [6.45, 7) is 1.96. The van der Waals surface area contributed by atoms with Crippen molar-refractivity contribution in [1.82, 2.24) is 4.98 Å². The molecule has 3 aromatic rings. The van der Waals surface area contributed by atoms with E-state index in [0.717, 1.165) is 5.56 Å². The normalized spacial score (nSPS) is 10.2. The van der Waals surface area contributed by atoms with Crippen LogP contribution < -0.4 is 10.6 Å². The molecular formula is C20H16FN3O2. The van der Waals surface area contributed by atoms with Crippen molar-refractivity contribution < 1.29 is 14.0 Å². The molecule has 0 saturated carbocycles. The van der Waals surface area contributed by atoms with E-state index < -0.39 is 11.7 Å². The van der Waals surface area contributed by atoms with Crippen LogP contribution in [-0.2, 0) is 0 Å². The summed E-state index contributed by atoms with van der Waals surface area (Å²) in [5.74, 6) is -1.22. The van der Waals surface area contributed by atoms with Crippen LogP contribution in [-0.4, -0.2) is 16.8 Å². The van der Waals surface area contributed by atoms with Crippen LogP contribution in [0.15, 0.2) is 66.9 Å². The van der Waals surface area contributed by atoms with E-state index in [4.69, 9.17) is 0 Å². The van der Waals surface area contributed by atoms with Crippen molar-refractivity contribution in [2.24, 2.45) is 0 Å². The van der Waals surface area contributed by atoms with Gasteiger partial charge in [-0.3, -0.25) is 14.6 Å². The number of aromatic nitrogens is 1. The van der Waals surface area contributed by atoms with E-state index in [0.29, 0.717) is 16.9 Å². The molecule has 26 heavy (non-hydrogen) atoms. The second-order valence-electron chi connectivity index (χ2n) is 5.71. The van der Waals surface area contributed by atoms with Gasteiger partial charge in [0.2, 0.25) is 0 Å². The third-order valence-electron chi connectivity index (χ3n) is 3.67. The Kier molecular flexibility index (Phi) is 5.03. The maximum atomic E-state index is 12.9. The van der Waals surface area contributed by atoms with E-state index in [1.807, 2.05) is 19.1 Å². The lowest BCUT2D eigenvalue weighted by atomic mass is 10.2. The van der Waals surface area contributed by atoms with E-state index in [-0.39, 0.29) is 11.6 Å². The first-order valence-corrected chi connectivity index (χ1v) is 7.92. The second kappa shape index (κ2) is 7.57. The first-order valence-electron chi connectivity index (χ1n) is 7.92.